The van der Waals surface area contributed by atoms with E-state index in [1.165, 1.54) is 0 Å². The van der Waals surface area contributed by atoms with Gasteiger partial charge in [0.25, 0.3) is 0 Å². The molecule has 0 aliphatic carbocycles. The second-order valence-corrected chi connectivity index (χ2v) is 8.85. The molecule has 2 N–H and O–H groups in total. The van der Waals surface area contributed by atoms with Crippen LogP contribution in [0.1, 0.15) is 23.1 Å². The predicted octanol–water partition coefficient (Wildman–Crippen LogP) is 1.26. The zero-order chi connectivity index (χ0) is 17.5. The van der Waals surface area contributed by atoms with Crippen molar-refractivity contribution in [2.45, 2.75) is 32.3 Å². The fraction of sp³-hybridized carbons (Fsp3) is 0.471. The van der Waals surface area contributed by atoms with E-state index >= 15 is 0 Å². The lowest BCUT2D eigenvalue weighted by atomic mass is 10.0. The van der Waals surface area contributed by atoms with E-state index in [0.29, 0.717) is 0 Å². The summed E-state index contributed by atoms with van der Waals surface area (Å²) in [6.07, 6.45) is 1.85. The van der Waals surface area contributed by atoms with Gasteiger partial charge in [-0.2, -0.15) is 0 Å². The quantitative estimate of drug-likeness (QED) is 0.864. The van der Waals surface area contributed by atoms with E-state index in [9.17, 15) is 18.3 Å². The molecule has 1 saturated heterocycles. The molecular weight excluding hydrogens is 330 g/mol. The van der Waals surface area contributed by atoms with Crippen LogP contribution in [0.2, 0.25) is 0 Å². The molecule has 1 atom stereocenters. The van der Waals surface area contributed by atoms with Gasteiger partial charge >= 0.3 is 0 Å². The minimum atomic E-state index is -3.21. The van der Waals surface area contributed by atoms with E-state index in [2.05, 4.69) is 5.32 Å². The Hall–Kier alpha value is -1.86. The maximum Gasteiger partial charge on any atom is 0.224 e. The van der Waals surface area contributed by atoms with Crippen molar-refractivity contribution >= 4 is 26.7 Å². The third kappa shape index (κ3) is 3.32. The van der Waals surface area contributed by atoms with Gasteiger partial charge in [0.15, 0.2) is 9.84 Å². The zero-order valence-electron chi connectivity index (χ0n) is 13.8. The van der Waals surface area contributed by atoms with E-state index in [1.807, 2.05) is 26.0 Å². The molecule has 24 heavy (non-hydrogen) atoms. The molecule has 0 spiro atoms. The van der Waals surface area contributed by atoms with Crippen molar-refractivity contribution in [3.63, 3.8) is 0 Å². The van der Waals surface area contributed by atoms with Crippen molar-refractivity contribution in [2.24, 2.45) is 0 Å². The molecule has 1 aromatic heterocycles. The first-order chi connectivity index (χ1) is 11.2. The predicted molar refractivity (Wildman–Crippen MR) is 90.6 cm³/mol. The van der Waals surface area contributed by atoms with Gasteiger partial charge in [0.05, 0.1) is 29.8 Å². The molecule has 1 aliphatic rings. The van der Waals surface area contributed by atoms with Crippen molar-refractivity contribution in [3.05, 3.63) is 35.1 Å². The molecule has 1 fully saturated rings. The van der Waals surface area contributed by atoms with E-state index in [1.54, 1.807) is 6.26 Å². The SMILES string of the molecule is Cc1ccc2c(CC(=O)NCC3(O)CCS(=O)(=O)C3)coc2c1C. The van der Waals surface area contributed by atoms with Crippen LogP contribution in [0.15, 0.2) is 22.8 Å². The van der Waals surface area contributed by atoms with Gasteiger partial charge in [0.2, 0.25) is 5.91 Å². The highest BCUT2D eigenvalue weighted by molar-refractivity contribution is 7.91. The number of rotatable bonds is 4. The molecule has 7 heteroatoms. The number of nitrogens with one attached hydrogen (secondary N) is 1. The lowest BCUT2D eigenvalue weighted by molar-refractivity contribution is -0.121. The van der Waals surface area contributed by atoms with Crippen LogP contribution in [0.25, 0.3) is 11.0 Å². The van der Waals surface area contributed by atoms with E-state index in [4.69, 9.17) is 4.42 Å². The summed E-state index contributed by atoms with van der Waals surface area (Å²) < 4.78 is 28.5. The Bertz CT molecular complexity index is 899. The maximum absolute atomic E-state index is 12.2. The first-order valence-corrected chi connectivity index (χ1v) is 9.67. The normalized spacial score (nSPS) is 22.8. The number of furan rings is 1. The van der Waals surface area contributed by atoms with Gasteiger partial charge in [-0.15, -0.1) is 0 Å². The second-order valence-electron chi connectivity index (χ2n) is 6.66. The summed E-state index contributed by atoms with van der Waals surface area (Å²) in [5.41, 5.74) is 2.36. The first-order valence-electron chi connectivity index (χ1n) is 7.85. The van der Waals surface area contributed by atoms with Crippen molar-refractivity contribution < 1.29 is 22.7 Å². The number of aryl methyl sites for hydroxylation is 2. The highest BCUT2D eigenvalue weighted by atomic mass is 32.2. The van der Waals surface area contributed by atoms with Crippen molar-refractivity contribution in [1.82, 2.24) is 5.32 Å². The van der Waals surface area contributed by atoms with E-state index < -0.39 is 15.4 Å². The summed E-state index contributed by atoms with van der Waals surface area (Å²) in [4.78, 5) is 12.2. The number of hydrogen-bond acceptors (Lipinski definition) is 5. The van der Waals surface area contributed by atoms with Gasteiger partial charge < -0.3 is 14.8 Å². The topological polar surface area (TPSA) is 96.6 Å². The standard InChI is InChI=1S/C17H21NO5S/c1-11-3-4-14-13(8-23-16(14)12(11)2)7-15(19)18-9-17(20)5-6-24(21,22)10-17/h3-4,8,20H,5-7,9-10H2,1-2H3,(H,18,19). The van der Waals surface area contributed by atoms with Crippen LogP contribution in [-0.2, 0) is 21.1 Å². The molecule has 1 unspecified atom stereocenters. The van der Waals surface area contributed by atoms with Gasteiger partial charge in [-0.25, -0.2) is 8.42 Å². The van der Waals surface area contributed by atoms with E-state index in [0.717, 1.165) is 27.7 Å². The third-order valence-corrected chi connectivity index (χ3v) is 6.48. The maximum atomic E-state index is 12.2. The van der Waals surface area contributed by atoms with Gasteiger partial charge in [-0.05, 0) is 31.4 Å². The summed E-state index contributed by atoms with van der Waals surface area (Å²) in [6, 6.07) is 3.92. The van der Waals surface area contributed by atoms with Crippen LogP contribution in [-0.4, -0.2) is 43.1 Å². The number of amides is 1. The molecule has 3 rings (SSSR count). The largest absolute Gasteiger partial charge is 0.464 e. The number of aliphatic hydroxyl groups is 1. The Labute approximate surface area is 140 Å². The molecule has 0 saturated carbocycles. The Morgan fingerprint density at radius 3 is 2.79 bits per heavy atom. The van der Waals surface area contributed by atoms with E-state index in [-0.39, 0.29) is 36.8 Å². The summed E-state index contributed by atoms with van der Waals surface area (Å²) in [6.45, 7) is 3.92. The molecule has 1 aromatic carbocycles. The van der Waals surface area contributed by atoms with Crippen LogP contribution >= 0.6 is 0 Å². The second kappa shape index (κ2) is 5.89. The monoisotopic (exact) mass is 351 g/mol. The first kappa shape index (κ1) is 17.0. The van der Waals surface area contributed by atoms with Crippen molar-refractivity contribution in [2.75, 3.05) is 18.1 Å². The lowest BCUT2D eigenvalue weighted by Gasteiger charge is -2.20. The number of hydrogen-bond donors (Lipinski definition) is 2. The number of benzene rings is 1. The molecule has 2 aromatic rings. The Morgan fingerprint density at radius 2 is 2.12 bits per heavy atom. The number of carbonyl (C=O) groups excluding carboxylic acids is 1. The minimum Gasteiger partial charge on any atom is -0.464 e. The van der Waals surface area contributed by atoms with Gasteiger partial charge in [-0.3, -0.25) is 4.79 Å². The molecule has 2 heterocycles. The van der Waals surface area contributed by atoms with Gasteiger partial charge in [0, 0.05) is 17.5 Å². The van der Waals surface area contributed by atoms with Crippen molar-refractivity contribution in [1.29, 1.82) is 0 Å². The minimum absolute atomic E-state index is 0.0373. The van der Waals surface area contributed by atoms with Crippen LogP contribution in [0.4, 0.5) is 0 Å². The van der Waals surface area contributed by atoms with Gasteiger partial charge in [-0.1, -0.05) is 12.1 Å². The molecule has 1 aliphatic heterocycles. The number of carbonyl (C=O) groups is 1. The van der Waals surface area contributed by atoms with Crippen LogP contribution in [0.5, 0.6) is 0 Å². The molecule has 6 nitrogen and oxygen atoms in total. The molecule has 0 bridgehead atoms. The van der Waals surface area contributed by atoms with Crippen LogP contribution in [0, 0.1) is 13.8 Å². The Kier molecular flexibility index (Phi) is 4.17. The number of fused-ring (bicyclic) bond motifs is 1. The fourth-order valence-corrected chi connectivity index (χ4v) is 4.96. The Morgan fingerprint density at radius 1 is 1.38 bits per heavy atom. The summed E-state index contributed by atoms with van der Waals surface area (Å²) in [5.74, 6) is -0.605. The third-order valence-electron chi connectivity index (χ3n) is 4.67. The fourth-order valence-electron chi connectivity index (χ4n) is 3.06. The highest BCUT2D eigenvalue weighted by Crippen LogP contribution is 2.27. The lowest BCUT2D eigenvalue weighted by Crippen LogP contribution is -2.44. The average molecular weight is 351 g/mol. The molecular formula is C17H21NO5S. The van der Waals surface area contributed by atoms with Crippen LogP contribution < -0.4 is 5.32 Å². The number of sulfone groups is 1. The Balaban J connectivity index is 1.67. The average Bonchev–Trinajstić information content (AvgIpc) is 3.03. The summed E-state index contributed by atoms with van der Waals surface area (Å²) in [7, 11) is -3.21. The molecule has 1 amide bonds. The van der Waals surface area contributed by atoms with Gasteiger partial charge in [0.1, 0.15) is 5.58 Å². The summed E-state index contributed by atoms with van der Waals surface area (Å²) >= 11 is 0. The summed E-state index contributed by atoms with van der Waals surface area (Å²) in [5, 5.41) is 13.8. The highest BCUT2D eigenvalue weighted by Gasteiger charge is 2.40. The smallest absolute Gasteiger partial charge is 0.224 e. The molecule has 130 valence electrons. The molecule has 0 radical (unpaired) electrons. The zero-order valence-corrected chi connectivity index (χ0v) is 14.6. The van der Waals surface area contributed by atoms with Crippen LogP contribution in [0.3, 0.4) is 0 Å². The van der Waals surface area contributed by atoms with Crippen molar-refractivity contribution in [3.8, 4) is 0 Å².